The topological polar surface area (TPSA) is 55.8 Å². The van der Waals surface area contributed by atoms with Crippen molar-refractivity contribution in [2.75, 3.05) is 7.11 Å². The van der Waals surface area contributed by atoms with Gasteiger partial charge in [0.05, 0.1) is 13.5 Å². The molecule has 0 spiro atoms. The molecule has 0 aliphatic carbocycles. The summed E-state index contributed by atoms with van der Waals surface area (Å²) < 4.78 is 11.0. The van der Waals surface area contributed by atoms with Crippen molar-refractivity contribution in [2.24, 2.45) is 0 Å². The smallest absolute Gasteiger partial charge is 0.174 e. The molecule has 1 unspecified atom stereocenters. The summed E-state index contributed by atoms with van der Waals surface area (Å²) in [5, 5.41) is 9.92. The van der Waals surface area contributed by atoms with Gasteiger partial charge in [-0.3, -0.25) is 4.79 Å². The Morgan fingerprint density at radius 1 is 1.24 bits per heavy atom. The van der Waals surface area contributed by atoms with Crippen LogP contribution in [0.4, 0.5) is 0 Å². The molecule has 0 amide bonds. The molecular formula is C17H16O4. The van der Waals surface area contributed by atoms with Crippen LogP contribution < -0.4 is 9.47 Å². The minimum Gasteiger partial charge on any atom is -0.507 e. The van der Waals surface area contributed by atoms with E-state index in [0.29, 0.717) is 5.75 Å². The maximum absolute atomic E-state index is 12.3. The predicted octanol–water partition coefficient (Wildman–Crippen LogP) is 3.42. The molecule has 0 saturated heterocycles. The number of fused-ring (bicyclic) bond motifs is 1. The molecule has 3 rings (SSSR count). The lowest BCUT2D eigenvalue weighted by Crippen LogP contribution is -2.20. The van der Waals surface area contributed by atoms with Gasteiger partial charge in [-0.15, -0.1) is 0 Å². The van der Waals surface area contributed by atoms with Gasteiger partial charge in [0.15, 0.2) is 5.78 Å². The number of phenols is 1. The Balaban J connectivity index is 1.95. The molecular weight excluding hydrogens is 268 g/mol. The monoisotopic (exact) mass is 284 g/mol. The van der Waals surface area contributed by atoms with Crippen molar-refractivity contribution in [3.63, 3.8) is 0 Å². The standard InChI is InChI=1S/C17H16O4/c1-10-7-13(18)17-14(19)9-15(21-16(17)8-10)11-3-5-12(20-2)6-4-11/h3-8,15,18H,9H2,1-2H3. The summed E-state index contributed by atoms with van der Waals surface area (Å²) >= 11 is 0. The number of ether oxygens (including phenoxy) is 2. The van der Waals surface area contributed by atoms with Gasteiger partial charge in [-0.05, 0) is 42.3 Å². The fraction of sp³-hybridized carbons (Fsp3) is 0.235. The van der Waals surface area contributed by atoms with Gasteiger partial charge in [-0.1, -0.05) is 12.1 Å². The number of carbonyl (C=O) groups excluding carboxylic acids is 1. The van der Waals surface area contributed by atoms with Crippen molar-refractivity contribution in [1.29, 1.82) is 0 Å². The molecule has 1 aliphatic rings. The zero-order chi connectivity index (χ0) is 15.0. The van der Waals surface area contributed by atoms with Crippen LogP contribution in [0.1, 0.15) is 34.0 Å². The van der Waals surface area contributed by atoms with E-state index < -0.39 is 0 Å². The zero-order valence-corrected chi connectivity index (χ0v) is 11.9. The molecule has 0 aromatic heterocycles. The van der Waals surface area contributed by atoms with Gasteiger partial charge in [-0.25, -0.2) is 0 Å². The van der Waals surface area contributed by atoms with E-state index in [9.17, 15) is 9.90 Å². The highest BCUT2D eigenvalue weighted by molar-refractivity contribution is 6.02. The van der Waals surface area contributed by atoms with E-state index in [1.807, 2.05) is 31.2 Å². The van der Waals surface area contributed by atoms with E-state index in [0.717, 1.165) is 16.9 Å². The van der Waals surface area contributed by atoms with Gasteiger partial charge in [0.25, 0.3) is 0 Å². The number of ketones is 1. The van der Waals surface area contributed by atoms with E-state index >= 15 is 0 Å². The number of Topliss-reactive ketones (excluding diaryl/α,β-unsaturated/α-hetero) is 1. The van der Waals surface area contributed by atoms with E-state index in [1.54, 1.807) is 19.2 Å². The van der Waals surface area contributed by atoms with Gasteiger partial charge in [0.1, 0.15) is 28.9 Å². The first-order chi connectivity index (χ1) is 10.1. The fourth-order valence-corrected chi connectivity index (χ4v) is 2.58. The highest BCUT2D eigenvalue weighted by Crippen LogP contribution is 2.40. The van der Waals surface area contributed by atoms with Gasteiger partial charge in [0, 0.05) is 0 Å². The lowest BCUT2D eigenvalue weighted by molar-refractivity contribution is 0.0845. The second-order valence-corrected chi connectivity index (χ2v) is 5.16. The van der Waals surface area contributed by atoms with E-state index in [2.05, 4.69) is 0 Å². The van der Waals surface area contributed by atoms with Crippen LogP contribution in [0.3, 0.4) is 0 Å². The molecule has 4 heteroatoms. The van der Waals surface area contributed by atoms with E-state index in [1.165, 1.54) is 0 Å². The first-order valence-corrected chi connectivity index (χ1v) is 6.76. The van der Waals surface area contributed by atoms with Crippen LogP contribution in [0.2, 0.25) is 0 Å². The molecule has 0 fully saturated rings. The summed E-state index contributed by atoms with van der Waals surface area (Å²) in [5.41, 5.74) is 2.05. The third kappa shape index (κ3) is 2.44. The van der Waals surface area contributed by atoms with Crippen molar-refractivity contribution in [3.05, 3.63) is 53.1 Å². The molecule has 1 N–H and O–H groups in total. The van der Waals surface area contributed by atoms with Crippen molar-refractivity contribution < 1.29 is 19.4 Å². The van der Waals surface area contributed by atoms with Gasteiger partial charge < -0.3 is 14.6 Å². The van der Waals surface area contributed by atoms with E-state index in [4.69, 9.17) is 9.47 Å². The van der Waals surface area contributed by atoms with Crippen molar-refractivity contribution in [1.82, 2.24) is 0 Å². The Kier molecular flexibility index (Phi) is 3.29. The molecule has 0 radical (unpaired) electrons. The van der Waals surface area contributed by atoms with Crippen LogP contribution in [0.5, 0.6) is 17.2 Å². The van der Waals surface area contributed by atoms with Crippen LogP contribution >= 0.6 is 0 Å². The molecule has 2 aromatic carbocycles. The number of aromatic hydroxyl groups is 1. The summed E-state index contributed by atoms with van der Waals surface area (Å²) in [7, 11) is 1.61. The minimum atomic E-state index is -0.336. The molecule has 1 aliphatic heterocycles. The normalized spacial score (nSPS) is 17.0. The molecule has 4 nitrogen and oxygen atoms in total. The average molecular weight is 284 g/mol. The lowest BCUT2D eigenvalue weighted by atomic mass is 9.95. The zero-order valence-electron chi connectivity index (χ0n) is 11.9. The van der Waals surface area contributed by atoms with Crippen molar-refractivity contribution in [3.8, 4) is 17.2 Å². The third-order valence-electron chi connectivity index (χ3n) is 3.63. The second kappa shape index (κ2) is 5.13. The maximum atomic E-state index is 12.3. The molecule has 0 bridgehead atoms. The first kappa shape index (κ1) is 13.5. The van der Waals surface area contributed by atoms with Gasteiger partial charge in [-0.2, -0.15) is 0 Å². The lowest BCUT2D eigenvalue weighted by Gasteiger charge is -2.26. The molecule has 108 valence electrons. The number of phenolic OH excluding ortho intramolecular Hbond substituents is 1. The Morgan fingerprint density at radius 3 is 2.62 bits per heavy atom. The quantitative estimate of drug-likeness (QED) is 0.918. The van der Waals surface area contributed by atoms with Crippen LogP contribution in [-0.4, -0.2) is 18.0 Å². The Morgan fingerprint density at radius 2 is 1.95 bits per heavy atom. The Bertz CT molecular complexity index is 689. The van der Waals surface area contributed by atoms with Crippen LogP contribution in [-0.2, 0) is 0 Å². The van der Waals surface area contributed by atoms with Crippen LogP contribution in [0.25, 0.3) is 0 Å². The molecule has 21 heavy (non-hydrogen) atoms. The predicted molar refractivity (Wildman–Crippen MR) is 78.2 cm³/mol. The van der Waals surface area contributed by atoms with Gasteiger partial charge >= 0.3 is 0 Å². The molecule has 0 saturated carbocycles. The number of methoxy groups -OCH3 is 1. The van der Waals surface area contributed by atoms with E-state index in [-0.39, 0.29) is 29.6 Å². The minimum absolute atomic E-state index is 0.0109. The Labute approximate surface area is 122 Å². The molecule has 1 atom stereocenters. The van der Waals surface area contributed by atoms with Crippen molar-refractivity contribution in [2.45, 2.75) is 19.4 Å². The molecule has 2 aromatic rings. The third-order valence-corrected chi connectivity index (χ3v) is 3.63. The summed E-state index contributed by atoms with van der Waals surface area (Å²) in [4.78, 5) is 12.3. The number of rotatable bonds is 2. The number of aryl methyl sites for hydroxylation is 1. The highest BCUT2D eigenvalue weighted by atomic mass is 16.5. The SMILES string of the molecule is COc1ccc(C2CC(=O)c3c(O)cc(C)cc3O2)cc1. The average Bonchev–Trinajstić information content (AvgIpc) is 2.46. The number of carbonyl (C=O) groups is 1. The summed E-state index contributed by atoms with van der Waals surface area (Å²) in [6, 6.07) is 10.8. The van der Waals surface area contributed by atoms with Crippen LogP contribution in [0.15, 0.2) is 36.4 Å². The summed E-state index contributed by atoms with van der Waals surface area (Å²) in [6.45, 7) is 1.85. The largest absolute Gasteiger partial charge is 0.507 e. The number of hydrogen-bond donors (Lipinski definition) is 1. The fourth-order valence-electron chi connectivity index (χ4n) is 2.58. The number of hydrogen-bond acceptors (Lipinski definition) is 4. The first-order valence-electron chi connectivity index (χ1n) is 6.76. The second-order valence-electron chi connectivity index (χ2n) is 5.16. The van der Waals surface area contributed by atoms with Crippen molar-refractivity contribution >= 4 is 5.78 Å². The van der Waals surface area contributed by atoms with Gasteiger partial charge in [0.2, 0.25) is 0 Å². The number of benzene rings is 2. The summed E-state index contributed by atoms with van der Waals surface area (Å²) in [5.74, 6) is 1.09. The molecule has 1 heterocycles. The summed E-state index contributed by atoms with van der Waals surface area (Å²) in [6.07, 6.45) is -0.118. The Hall–Kier alpha value is -2.49. The highest BCUT2D eigenvalue weighted by Gasteiger charge is 2.30. The maximum Gasteiger partial charge on any atom is 0.174 e. The van der Waals surface area contributed by atoms with Crippen LogP contribution in [0, 0.1) is 6.92 Å².